The molecular formula is C25H28. The highest BCUT2D eigenvalue weighted by atomic mass is 14.3. The maximum Gasteiger partial charge on any atom is -0.00105 e. The Labute approximate surface area is 151 Å². The van der Waals surface area contributed by atoms with Crippen LogP contribution in [0.2, 0.25) is 0 Å². The largest absolute Gasteiger partial charge is 0.0616 e. The molecule has 0 heterocycles. The summed E-state index contributed by atoms with van der Waals surface area (Å²) in [7, 11) is 0. The van der Waals surface area contributed by atoms with Crippen LogP contribution in [0.25, 0.3) is 21.9 Å². The van der Waals surface area contributed by atoms with Gasteiger partial charge in [-0.2, -0.15) is 0 Å². The van der Waals surface area contributed by atoms with Gasteiger partial charge in [0.05, 0.1) is 0 Å². The molecule has 4 rings (SSSR count). The van der Waals surface area contributed by atoms with E-state index in [1.807, 2.05) is 0 Å². The van der Waals surface area contributed by atoms with E-state index in [9.17, 15) is 0 Å². The van der Waals surface area contributed by atoms with Crippen molar-refractivity contribution in [2.75, 3.05) is 0 Å². The molecule has 0 bridgehead atoms. The van der Waals surface area contributed by atoms with Crippen molar-refractivity contribution in [3.05, 3.63) is 70.3 Å². The zero-order chi connectivity index (χ0) is 17.9. The van der Waals surface area contributed by atoms with E-state index in [-0.39, 0.29) is 5.41 Å². The quantitative estimate of drug-likeness (QED) is 0.348. The summed E-state index contributed by atoms with van der Waals surface area (Å²) in [5.41, 5.74) is 10.7. The predicted molar refractivity (Wildman–Crippen MR) is 110 cm³/mol. The van der Waals surface area contributed by atoms with Gasteiger partial charge in [-0.15, -0.1) is 0 Å². The molecule has 25 heavy (non-hydrogen) atoms. The minimum absolute atomic E-state index is 0.179. The molecule has 128 valence electrons. The molecule has 1 aliphatic carbocycles. The predicted octanol–water partition coefficient (Wildman–Crippen LogP) is 7.14. The van der Waals surface area contributed by atoms with Gasteiger partial charge < -0.3 is 0 Å². The van der Waals surface area contributed by atoms with Crippen molar-refractivity contribution in [2.45, 2.75) is 59.3 Å². The standard InChI is InChI=1S/C25H28/c1-15(2)20-14-23-21(16(3)24(20)25(4,5)6)13-19-11-17-9-7-8-10-18(17)12-22(19)23/h7-12,14-15H,13H2,1-6H3. The second-order valence-corrected chi connectivity index (χ2v) is 8.93. The molecule has 0 heteroatoms. The Hall–Kier alpha value is -2.08. The summed E-state index contributed by atoms with van der Waals surface area (Å²) < 4.78 is 0. The second kappa shape index (κ2) is 5.46. The minimum Gasteiger partial charge on any atom is -0.0616 e. The van der Waals surface area contributed by atoms with Crippen molar-refractivity contribution < 1.29 is 0 Å². The van der Waals surface area contributed by atoms with Gasteiger partial charge in [-0.3, -0.25) is 0 Å². The van der Waals surface area contributed by atoms with Crippen LogP contribution in [0.1, 0.15) is 68.4 Å². The van der Waals surface area contributed by atoms with Crippen molar-refractivity contribution in [1.82, 2.24) is 0 Å². The van der Waals surface area contributed by atoms with Crippen molar-refractivity contribution in [1.29, 1.82) is 0 Å². The Kier molecular flexibility index (Phi) is 3.58. The molecule has 0 fully saturated rings. The summed E-state index contributed by atoms with van der Waals surface area (Å²) >= 11 is 0. The van der Waals surface area contributed by atoms with Gasteiger partial charge in [0.25, 0.3) is 0 Å². The van der Waals surface area contributed by atoms with Gasteiger partial charge >= 0.3 is 0 Å². The minimum atomic E-state index is 0.179. The molecule has 0 unspecified atom stereocenters. The number of rotatable bonds is 1. The third kappa shape index (κ3) is 2.51. The van der Waals surface area contributed by atoms with Gasteiger partial charge in [-0.25, -0.2) is 0 Å². The number of fused-ring (bicyclic) bond motifs is 4. The summed E-state index contributed by atoms with van der Waals surface area (Å²) in [5.74, 6) is 0.544. The molecule has 0 amide bonds. The van der Waals surface area contributed by atoms with Gasteiger partial charge in [0, 0.05) is 0 Å². The van der Waals surface area contributed by atoms with E-state index in [1.165, 1.54) is 38.6 Å². The fourth-order valence-corrected chi connectivity index (χ4v) is 4.68. The fraction of sp³-hybridized carbons (Fsp3) is 0.360. The zero-order valence-electron chi connectivity index (χ0n) is 16.3. The molecule has 0 aromatic heterocycles. The zero-order valence-corrected chi connectivity index (χ0v) is 16.3. The maximum atomic E-state index is 2.49. The van der Waals surface area contributed by atoms with Crippen LogP contribution in [-0.4, -0.2) is 0 Å². The third-order valence-electron chi connectivity index (χ3n) is 5.74. The molecule has 3 aromatic rings. The van der Waals surface area contributed by atoms with Crippen LogP contribution in [0, 0.1) is 6.92 Å². The summed E-state index contributed by atoms with van der Waals surface area (Å²) in [4.78, 5) is 0. The summed E-state index contributed by atoms with van der Waals surface area (Å²) in [5, 5.41) is 2.70. The lowest BCUT2D eigenvalue weighted by molar-refractivity contribution is 0.572. The molecule has 0 nitrogen and oxygen atoms in total. The topological polar surface area (TPSA) is 0 Å². The molecule has 0 spiro atoms. The van der Waals surface area contributed by atoms with Crippen molar-refractivity contribution >= 4 is 10.8 Å². The molecule has 0 saturated carbocycles. The van der Waals surface area contributed by atoms with Crippen molar-refractivity contribution in [3.63, 3.8) is 0 Å². The second-order valence-electron chi connectivity index (χ2n) is 8.93. The Morgan fingerprint density at radius 2 is 1.52 bits per heavy atom. The molecule has 1 aliphatic rings. The van der Waals surface area contributed by atoms with E-state index in [4.69, 9.17) is 0 Å². The normalized spacial score (nSPS) is 13.4. The van der Waals surface area contributed by atoms with Gasteiger partial charge in [-0.1, -0.05) is 71.0 Å². The summed E-state index contributed by atoms with van der Waals surface area (Å²) in [6.07, 6.45) is 1.07. The van der Waals surface area contributed by atoms with Crippen LogP contribution in [0.3, 0.4) is 0 Å². The third-order valence-corrected chi connectivity index (χ3v) is 5.74. The average molecular weight is 328 g/mol. The van der Waals surface area contributed by atoms with Crippen LogP contribution in [0.5, 0.6) is 0 Å². The summed E-state index contributed by atoms with van der Waals surface area (Å²) in [6.45, 7) is 14.0. The van der Waals surface area contributed by atoms with E-state index in [0.29, 0.717) is 5.92 Å². The SMILES string of the molecule is Cc1c2c(cc(C(C)C)c1C(C)(C)C)-c1cc3ccccc3cc1C2. The van der Waals surface area contributed by atoms with Crippen LogP contribution >= 0.6 is 0 Å². The molecule has 0 saturated heterocycles. The number of benzene rings is 3. The molecular weight excluding hydrogens is 300 g/mol. The highest BCUT2D eigenvalue weighted by Crippen LogP contribution is 2.45. The Bertz CT molecular complexity index is 981. The fourth-order valence-electron chi connectivity index (χ4n) is 4.68. The van der Waals surface area contributed by atoms with E-state index in [2.05, 4.69) is 84.0 Å². The molecule has 0 aliphatic heterocycles. The van der Waals surface area contributed by atoms with Crippen molar-refractivity contribution in [2.24, 2.45) is 0 Å². The van der Waals surface area contributed by atoms with Crippen LogP contribution in [0.15, 0.2) is 42.5 Å². The monoisotopic (exact) mass is 328 g/mol. The molecule has 0 radical (unpaired) electrons. The van der Waals surface area contributed by atoms with Crippen LogP contribution < -0.4 is 0 Å². The maximum absolute atomic E-state index is 2.49. The first-order valence-electron chi connectivity index (χ1n) is 9.46. The van der Waals surface area contributed by atoms with Gasteiger partial charge in [0.15, 0.2) is 0 Å². The van der Waals surface area contributed by atoms with Crippen molar-refractivity contribution in [3.8, 4) is 11.1 Å². The molecule has 0 atom stereocenters. The van der Waals surface area contributed by atoms with Gasteiger partial charge in [0.1, 0.15) is 0 Å². The summed E-state index contributed by atoms with van der Waals surface area (Å²) in [6, 6.07) is 16.0. The smallest absolute Gasteiger partial charge is 0.00105 e. The molecule has 3 aromatic carbocycles. The number of hydrogen-bond donors (Lipinski definition) is 0. The first kappa shape index (κ1) is 16.4. The van der Waals surface area contributed by atoms with E-state index in [0.717, 1.165) is 6.42 Å². The Balaban J connectivity index is 2.02. The van der Waals surface area contributed by atoms with E-state index >= 15 is 0 Å². The first-order chi connectivity index (χ1) is 11.8. The molecule has 0 N–H and O–H groups in total. The lowest BCUT2D eigenvalue weighted by Gasteiger charge is -2.29. The average Bonchev–Trinajstić information content (AvgIpc) is 2.89. The van der Waals surface area contributed by atoms with Crippen LogP contribution in [-0.2, 0) is 11.8 Å². The first-order valence-corrected chi connectivity index (χ1v) is 9.46. The highest BCUT2D eigenvalue weighted by Gasteiger charge is 2.29. The van der Waals surface area contributed by atoms with Crippen LogP contribution in [0.4, 0.5) is 0 Å². The Morgan fingerprint density at radius 1 is 0.880 bits per heavy atom. The highest BCUT2D eigenvalue weighted by molar-refractivity contribution is 5.92. The van der Waals surface area contributed by atoms with Gasteiger partial charge in [-0.05, 0) is 80.5 Å². The Morgan fingerprint density at radius 3 is 2.12 bits per heavy atom. The lowest BCUT2D eigenvalue weighted by atomic mass is 9.75. The van der Waals surface area contributed by atoms with E-state index in [1.54, 1.807) is 11.1 Å². The van der Waals surface area contributed by atoms with E-state index < -0.39 is 0 Å². The van der Waals surface area contributed by atoms with Gasteiger partial charge in [0.2, 0.25) is 0 Å². The number of hydrogen-bond acceptors (Lipinski definition) is 0. The lowest BCUT2D eigenvalue weighted by Crippen LogP contribution is -2.18.